The van der Waals surface area contributed by atoms with E-state index in [1.807, 2.05) is 0 Å². The van der Waals surface area contributed by atoms with Gasteiger partial charge in [0.2, 0.25) is 0 Å². The van der Waals surface area contributed by atoms with Gasteiger partial charge < -0.3 is 5.48 Å². The minimum absolute atomic E-state index is 0. The average Bonchev–Trinajstić information content (AvgIpc) is 2.86. The largest absolute Gasteiger partial charge is 0.870 e. The zero-order valence-corrected chi connectivity index (χ0v) is 24.6. The summed E-state index contributed by atoms with van der Waals surface area (Å²) in [7, 11) is 1.59. The summed E-state index contributed by atoms with van der Waals surface area (Å²) in [5, 5.41) is 0. The van der Waals surface area contributed by atoms with Gasteiger partial charge in [-0.1, -0.05) is 136 Å². The van der Waals surface area contributed by atoms with Crippen molar-refractivity contribution in [3.8, 4) is 0 Å². The number of hydrogen-bond acceptors (Lipinski definition) is 4. The molecule has 1 N–H and O–H groups in total. The normalized spacial score (nSPS) is 11.3. The highest BCUT2D eigenvalue weighted by Crippen LogP contribution is 2.20. The first-order valence-corrected chi connectivity index (χ1v) is 15.4. The smallest absolute Gasteiger partial charge is 0.328 e. The molecule has 0 unspecified atom stereocenters. The fourth-order valence-electron chi connectivity index (χ4n) is 4.79. The van der Waals surface area contributed by atoms with Crippen LogP contribution in [-0.2, 0) is 14.4 Å². The van der Waals surface area contributed by atoms with Crippen molar-refractivity contribution in [2.24, 2.45) is 0 Å². The molecule has 214 valence electrons. The molecule has 0 aliphatic rings. The molecule has 0 spiro atoms. The standard InChI is InChI=1S/C31H60NO3.H2O/c1-5-8-11-14-17-20-23-26-29(33)32(4,30(34)27-24-21-18-15-12-9-6-2)31(35)28-25-22-19-16-13-10-7-3;/h5-28H2,1-4H3;1H2/q+1;/p-1. The molecule has 0 aromatic rings. The number of amides is 3. The zero-order chi connectivity index (χ0) is 26.2. The van der Waals surface area contributed by atoms with E-state index in [2.05, 4.69) is 20.8 Å². The maximum Gasteiger partial charge on any atom is 0.328 e. The molecule has 0 aliphatic carbocycles. The highest BCUT2D eigenvalue weighted by atomic mass is 16.2. The number of quaternary nitrogens is 1. The Bertz CT molecular complexity index is 473. The van der Waals surface area contributed by atoms with Crippen molar-refractivity contribution in [1.82, 2.24) is 0 Å². The third kappa shape index (κ3) is 17.4. The van der Waals surface area contributed by atoms with Gasteiger partial charge in [0.15, 0.2) is 0 Å². The van der Waals surface area contributed by atoms with Gasteiger partial charge >= 0.3 is 17.7 Å². The van der Waals surface area contributed by atoms with Crippen LogP contribution in [0.3, 0.4) is 0 Å². The predicted molar refractivity (Wildman–Crippen MR) is 151 cm³/mol. The molecular formula is C31H61NO4. The van der Waals surface area contributed by atoms with E-state index in [0.717, 1.165) is 57.8 Å². The van der Waals surface area contributed by atoms with E-state index in [1.165, 1.54) is 77.0 Å². The predicted octanol–water partition coefficient (Wildman–Crippen LogP) is 9.26. The van der Waals surface area contributed by atoms with Crippen LogP contribution in [0, 0.1) is 0 Å². The summed E-state index contributed by atoms with van der Waals surface area (Å²) < 4.78 is -0.596. The lowest BCUT2D eigenvalue weighted by molar-refractivity contribution is -0.681. The third-order valence-electron chi connectivity index (χ3n) is 7.48. The lowest BCUT2D eigenvalue weighted by Crippen LogP contribution is -2.57. The second-order valence-electron chi connectivity index (χ2n) is 10.8. The second kappa shape index (κ2) is 25.6. The quantitative estimate of drug-likeness (QED) is 0.0954. The van der Waals surface area contributed by atoms with Crippen molar-refractivity contribution in [2.45, 2.75) is 175 Å². The fraction of sp³-hybridized carbons (Fsp3) is 0.903. The Balaban J connectivity index is 0. The topological polar surface area (TPSA) is 81.2 Å². The number of unbranched alkanes of at least 4 members (excludes halogenated alkanes) is 18. The van der Waals surface area contributed by atoms with E-state index in [1.54, 1.807) is 7.05 Å². The Hall–Kier alpha value is -1.07. The monoisotopic (exact) mass is 511 g/mol. The zero-order valence-electron chi connectivity index (χ0n) is 24.6. The van der Waals surface area contributed by atoms with Gasteiger partial charge in [0, 0.05) is 0 Å². The van der Waals surface area contributed by atoms with E-state index in [-0.39, 0.29) is 23.2 Å². The molecule has 0 rings (SSSR count). The Morgan fingerprint density at radius 2 is 0.583 bits per heavy atom. The Morgan fingerprint density at radius 1 is 0.389 bits per heavy atom. The fourth-order valence-corrected chi connectivity index (χ4v) is 4.79. The summed E-state index contributed by atoms with van der Waals surface area (Å²) >= 11 is 0. The van der Waals surface area contributed by atoms with Gasteiger partial charge in [-0.2, -0.15) is 0 Å². The first-order valence-electron chi connectivity index (χ1n) is 15.4. The molecule has 0 aromatic carbocycles. The van der Waals surface area contributed by atoms with Crippen molar-refractivity contribution in [1.29, 1.82) is 0 Å². The number of hydrogen-bond donors (Lipinski definition) is 0. The molecule has 5 nitrogen and oxygen atoms in total. The van der Waals surface area contributed by atoms with E-state index in [4.69, 9.17) is 0 Å². The molecular weight excluding hydrogens is 450 g/mol. The average molecular weight is 512 g/mol. The van der Waals surface area contributed by atoms with Crippen LogP contribution in [0.1, 0.15) is 175 Å². The molecule has 0 heterocycles. The van der Waals surface area contributed by atoms with Gasteiger partial charge in [0.05, 0.1) is 26.3 Å². The number of carbonyl (C=O) groups is 3. The molecule has 0 fully saturated rings. The lowest BCUT2D eigenvalue weighted by atomic mass is 10.0. The summed E-state index contributed by atoms with van der Waals surface area (Å²) in [5.41, 5.74) is 0. The van der Waals surface area contributed by atoms with Gasteiger partial charge in [0.1, 0.15) is 0 Å². The lowest BCUT2D eigenvalue weighted by Gasteiger charge is -2.26. The van der Waals surface area contributed by atoms with E-state index < -0.39 is 4.48 Å². The molecule has 3 amide bonds. The van der Waals surface area contributed by atoms with Crippen molar-refractivity contribution in [2.75, 3.05) is 7.05 Å². The highest BCUT2D eigenvalue weighted by molar-refractivity contribution is 5.97. The molecule has 0 saturated carbocycles. The second-order valence-corrected chi connectivity index (χ2v) is 10.8. The van der Waals surface area contributed by atoms with E-state index in [0.29, 0.717) is 19.3 Å². The van der Waals surface area contributed by atoms with Crippen LogP contribution >= 0.6 is 0 Å². The molecule has 0 aliphatic heterocycles. The van der Waals surface area contributed by atoms with E-state index in [9.17, 15) is 14.4 Å². The maximum atomic E-state index is 13.2. The first kappa shape index (κ1) is 37.1. The Kier molecular flexibility index (Phi) is 26.3. The Labute approximate surface area is 224 Å². The molecule has 0 aromatic heterocycles. The minimum atomic E-state index is -0.596. The van der Waals surface area contributed by atoms with Crippen LogP contribution in [0.2, 0.25) is 0 Å². The molecule has 5 heteroatoms. The Morgan fingerprint density at radius 3 is 0.806 bits per heavy atom. The van der Waals surface area contributed by atoms with Crippen LogP contribution in [0.4, 0.5) is 0 Å². The van der Waals surface area contributed by atoms with Crippen molar-refractivity contribution < 1.29 is 24.3 Å². The SMILES string of the molecule is CCCCCCCCCC(=O)[N+](C)(C(=O)CCCCCCCCC)C(=O)CCCCCCCCC.[OH-]. The summed E-state index contributed by atoms with van der Waals surface area (Å²) in [6.45, 7) is 6.64. The van der Waals surface area contributed by atoms with Crippen molar-refractivity contribution in [3.05, 3.63) is 0 Å². The minimum Gasteiger partial charge on any atom is -0.870 e. The maximum absolute atomic E-state index is 13.2. The van der Waals surface area contributed by atoms with Gasteiger partial charge in [-0.15, -0.1) is 4.48 Å². The van der Waals surface area contributed by atoms with E-state index >= 15 is 0 Å². The molecule has 0 bridgehead atoms. The third-order valence-corrected chi connectivity index (χ3v) is 7.48. The molecule has 0 atom stereocenters. The number of imide groups is 3. The molecule has 0 saturated heterocycles. The van der Waals surface area contributed by atoms with Crippen LogP contribution in [0.15, 0.2) is 0 Å². The van der Waals surface area contributed by atoms with Gasteiger partial charge in [-0.25, -0.2) is 14.4 Å². The van der Waals surface area contributed by atoms with Gasteiger partial charge in [-0.05, 0) is 19.3 Å². The highest BCUT2D eigenvalue weighted by Gasteiger charge is 2.45. The number of nitrogens with zero attached hydrogens (tertiary/aromatic N) is 1. The van der Waals surface area contributed by atoms with Crippen LogP contribution < -0.4 is 0 Å². The summed E-state index contributed by atoms with van der Waals surface area (Å²) in [4.78, 5) is 39.7. The van der Waals surface area contributed by atoms with Gasteiger partial charge in [0.25, 0.3) is 0 Å². The summed E-state index contributed by atoms with van der Waals surface area (Å²) in [5.74, 6) is -0.543. The summed E-state index contributed by atoms with van der Waals surface area (Å²) in [6.07, 6.45) is 24.7. The van der Waals surface area contributed by atoms with Crippen molar-refractivity contribution in [3.63, 3.8) is 0 Å². The molecule has 0 radical (unpaired) electrons. The van der Waals surface area contributed by atoms with Crippen LogP contribution in [-0.4, -0.2) is 34.7 Å². The first-order chi connectivity index (χ1) is 16.9. The number of carbonyl (C=O) groups excluding carboxylic acids is 3. The number of rotatable bonds is 24. The van der Waals surface area contributed by atoms with Crippen LogP contribution in [0.25, 0.3) is 0 Å². The van der Waals surface area contributed by atoms with Gasteiger partial charge in [-0.3, -0.25) is 0 Å². The van der Waals surface area contributed by atoms with Crippen molar-refractivity contribution >= 4 is 17.7 Å². The van der Waals surface area contributed by atoms with Crippen LogP contribution in [0.5, 0.6) is 0 Å². The molecule has 36 heavy (non-hydrogen) atoms. The summed E-state index contributed by atoms with van der Waals surface area (Å²) in [6, 6.07) is 0.